The molecule has 0 aliphatic rings. The predicted octanol–water partition coefficient (Wildman–Crippen LogP) is 4.20. The van der Waals surface area contributed by atoms with Crippen molar-refractivity contribution in [2.75, 3.05) is 38.0 Å². The molecule has 2 N–H and O–H groups in total. The Labute approximate surface area is 158 Å². The summed E-state index contributed by atoms with van der Waals surface area (Å²) in [5.41, 5.74) is 1.36. The van der Waals surface area contributed by atoms with Gasteiger partial charge in [0.1, 0.15) is 17.2 Å². The molecule has 2 aromatic rings. The van der Waals surface area contributed by atoms with Crippen molar-refractivity contribution in [2.45, 2.75) is 13.3 Å². The Morgan fingerprint density at radius 1 is 1.04 bits per heavy atom. The van der Waals surface area contributed by atoms with Gasteiger partial charge in [0, 0.05) is 25.1 Å². The largest absolute Gasteiger partial charge is 0.495 e. The first kappa shape index (κ1) is 19.7. The van der Waals surface area contributed by atoms with Gasteiger partial charge in [-0.25, -0.2) is 0 Å². The van der Waals surface area contributed by atoms with Crippen molar-refractivity contribution in [3.63, 3.8) is 0 Å². The molecule has 0 aromatic heterocycles. The highest BCUT2D eigenvalue weighted by Gasteiger charge is 2.12. The van der Waals surface area contributed by atoms with Crippen molar-refractivity contribution >= 4 is 28.9 Å². The summed E-state index contributed by atoms with van der Waals surface area (Å²) in [5.74, 6) is 1.54. The predicted molar refractivity (Wildman–Crippen MR) is 104 cm³/mol. The minimum atomic E-state index is -0.158. The van der Waals surface area contributed by atoms with Crippen LogP contribution in [0.2, 0.25) is 5.02 Å². The van der Waals surface area contributed by atoms with Crippen molar-refractivity contribution in [1.82, 2.24) is 0 Å². The molecule has 2 rings (SSSR count). The first-order valence-corrected chi connectivity index (χ1v) is 8.63. The van der Waals surface area contributed by atoms with E-state index in [1.54, 1.807) is 12.1 Å². The molecule has 140 valence electrons. The van der Waals surface area contributed by atoms with Crippen LogP contribution >= 0.6 is 11.6 Å². The van der Waals surface area contributed by atoms with Gasteiger partial charge in [-0.15, -0.1) is 0 Å². The molecule has 0 bridgehead atoms. The Balaban J connectivity index is 1.95. The van der Waals surface area contributed by atoms with Crippen LogP contribution in [0.5, 0.6) is 17.2 Å². The molecule has 0 fully saturated rings. The number of benzene rings is 2. The van der Waals surface area contributed by atoms with E-state index in [0.29, 0.717) is 35.4 Å². The number of nitrogens with one attached hydrogen (secondary N) is 2. The average molecular weight is 379 g/mol. The van der Waals surface area contributed by atoms with Crippen LogP contribution in [-0.2, 0) is 4.79 Å². The summed E-state index contributed by atoms with van der Waals surface area (Å²) in [7, 11) is 3.03. The van der Waals surface area contributed by atoms with E-state index in [1.807, 2.05) is 31.2 Å². The van der Waals surface area contributed by atoms with E-state index < -0.39 is 0 Å². The van der Waals surface area contributed by atoms with Crippen molar-refractivity contribution in [3.05, 3.63) is 41.4 Å². The minimum Gasteiger partial charge on any atom is -0.495 e. The second-order valence-corrected chi connectivity index (χ2v) is 5.75. The number of ether oxygens (including phenoxy) is 3. The smallest absolute Gasteiger partial charge is 0.226 e. The second-order valence-electron chi connectivity index (χ2n) is 5.34. The van der Waals surface area contributed by atoms with Gasteiger partial charge in [-0.1, -0.05) is 23.7 Å². The van der Waals surface area contributed by atoms with E-state index in [-0.39, 0.29) is 12.3 Å². The summed E-state index contributed by atoms with van der Waals surface area (Å²) in [6.07, 6.45) is 0.272. The van der Waals surface area contributed by atoms with Crippen LogP contribution in [0.1, 0.15) is 13.3 Å². The fraction of sp³-hybridized carbons (Fsp3) is 0.316. The van der Waals surface area contributed by atoms with Gasteiger partial charge in [-0.3, -0.25) is 4.79 Å². The van der Waals surface area contributed by atoms with Crippen LogP contribution in [0.3, 0.4) is 0 Å². The number of para-hydroxylation sites is 2. The minimum absolute atomic E-state index is 0.158. The van der Waals surface area contributed by atoms with Gasteiger partial charge < -0.3 is 24.8 Å². The summed E-state index contributed by atoms with van der Waals surface area (Å²) < 4.78 is 16.0. The molecule has 0 saturated heterocycles. The van der Waals surface area contributed by atoms with E-state index in [2.05, 4.69) is 10.6 Å². The number of hydrogen-bond donors (Lipinski definition) is 2. The maximum absolute atomic E-state index is 12.3. The molecule has 0 aliphatic carbocycles. The average Bonchev–Trinajstić information content (AvgIpc) is 2.64. The lowest BCUT2D eigenvalue weighted by Gasteiger charge is -2.14. The Morgan fingerprint density at radius 3 is 2.46 bits per heavy atom. The third-order valence-electron chi connectivity index (χ3n) is 3.60. The Kier molecular flexibility index (Phi) is 7.41. The first-order valence-electron chi connectivity index (χ1n) is 8.26. The van der Waals surface area contributed by atoms with Crippen molar-refractivity contribution in [2.24, 2.45) is 0 Å². The fourth-order valence-corrected chi connectivity index (χ4v) is 2.61. The van der Waals surface area contributed by atoms with Gasteiger partial charge in [0.2, 0.25) is 5.91 Å². The monoisotopic (exact) mass is 378 g/mol. The number of carbonyl (C=O) groups is 1. The SMILES string of the molecule is CCOc1ccccc1NCCC(=O)Nc1cc(OC)c(Cl)cc1OC. The number of rotatable bonds is 9. The summed E-state index contributed by atoms with van der Waals surface area (Å²) in [4.78, 5) is 12.3. The molecule has 0 heterocycles. The van der Waals surface area contributed by atoms with Crippen LogP contribution in [0.25, 0.3) is 0 Å². The van der Waals surface area contributed by atoms with E-state index in [0.717, 1.165) is 11.4 Å². The van der Waals surface area contributed by atoms with Crippen molar-refractivity contribution in [1.29, 1.82) is 0 Å². The Hall–Kier alpha value is -2.60. The quantitative estimate of drug-likeness (QED) is 0.684. The lowest BCUT2D eigenvalue weighted by Crippen LogP contribution is -2.17. The number of anilines is 2. The molecule has 7 heteroatoms. The van der Waals surface area contributed by atoms with E-state index in [1.165, 1.54) is 14.2 Å². The maximum atomic E-state index is 12.3. The van der Waals surface area contributed by atoms with Crippen LogP contribution < -0.4 is 24.8 Å². The molecule has 0 unspecified atom stereocenters. The van der Waals surface area contributed by atoms with Crippen LogP contribution in [0, 0.1) is 0 Å². The molecule has 26 heavy (non-hydrogen) atoms. The van der Waals surface area contributed by atoms with Crippen molar-refractivity contribution in [3.8, 4) is 17.2 Å². The molecule has 0 aliphatic heterocycles. The van der Waals surface area contributed by atoms with Gasteiger partial charge in [0.25, 0.3) is 0 Å². The molecule has 0 saturated carbocycles. The standard InChI is InChI=1S/C19H23ClN2O4/c1-4-26-16-8-6-5-7-14(16)21-10-9-19(23)22-15-12-17(24-2)13(20)11-18(15)25-3/h5-8,11-12,21H,4,9-10H2,1-3H3,(H,22,23). The van der Waals surface area contributed by atoms with E-state index in [9.17, 15) is 4.79 Å². The topological polar surface area (TPSA) is 68.8 Å². The highest BCUT2D eigenvalue weighted by atomic mass is 35.5. The number of amides is 1. The highest BCUT2D eigenvalue weighted by molar-refractivity contribution is 6.32. The molecule has 0 atom stereocenters. The summed E-state index contributed by atoms with van der Waals surface area (Å²) >= 11 is 6.07. The normalized spacial score (nSPS) is 10.2. The van der Waals surface area contributed by atoms with Gasteiger partial charge in [0.15, 0.2) is 0 Å². The number of carbonyl (C=O) groups excluding carboxylic acids is 1. The fourth-order valence-electron chi connectivity index (χ4n) is 2.38. The Bertz CT molecular complexity index is 752. The van der Waals surface area contributed by atoms with E-state index in [4.69, 9.17) is 25.8 Å². The molecule has 0 spiro atoms. The molecule has 6 nitrogen and oxygen atoms in total. The zero-order chi connectivity index (χ0) is 18.9. The molecule has 1 amide bonds. The second kappa shape index (κ2) is 9.77. The van der Waals surface area contributed by atoms with Gasteiger partial charge in [0.05, 0.1) is 37.2 Å². The lowest BCUT2D eigenvalue weighted by atomic mass is 10.2. The summed E-state index contributed by atoms with van der Waals surface area (Å²) in [6, 6.07) is 10.9. The molecular weight excluding hydrogens is 356 g/mol. The summed E-state index contributed by atoms with van der Waals surface area (Å²) in [6.45, 7) is 2.97. The third-order valence-corrected chi connectivity index (χ3v) is 3.90. The molecular formula is C19H23ClN2O4. The first-order chi connectivity index (χ1) is 12.6. The Morgan fingerprint density at radius 2 is 1.77 bits per heavy atom. The maximum Gasteiger partial charge on any atom is 0.226 e. The van der Waals surface area contributed by atoms with Gasteiger partial charge in [-0.05, 0) is 19.1 Å². The van der Waals surface area contributed by atoms with Gasteiger partial charge >= 0.3 is 0 Å². The van der Waals surface area contributed by atoms with Crippen LogP contribution in [-0.4, -0.2) is 33.3 Å². The third kappa shape index (κ3) is 5.20. The number of hydrogen-bond acceptors (Lipinski definition) is 5. The number of halogens is 1. The zero-order valence-corrected chi connectivity index (χ0v) is 15.9. The number of methoxy groups -OCH3 is 2. The lowest BCUT2D eigenvalue weighted by molar-refractivity contribution is -0.116. The van der Waals surface area contributed by atoms with Gasteiger partial charge in [-0.2, -0.15) is 0 Å². The van der Waals surface area contributed by atoms with Crippen molar-refractivity contribution < 1.29 is 19.0 Å². The van der Waals surface area contributed by atoms with Crippen LogP contribution in [0.4, 0.5) is 11.4 Å². The molecule has 0 radical (unpaired) electrons. The highest BCUT2D eigenvalue weighted by Crippen LogP contribution is 2.35. The van der Waals surface area contributed by atoms with E-state index >= 15 is 0 Å². The zero-order valence-electron chi connectivity index (χ0n) is 15.1. The van der Waals surface area contributed by atoms with Crippen LogP contribution in [0.15, 0.2) is 36.4 Å². The molecule has 2 aromatic carbocycles. The summed E-state index contributed by atoms with van der Waals surface area (Å²) in [5, 5.41) is 6.44.